The summed E-state index contributed by atoms with van der Waals surface area (Å²) < 4.78 is 0. The smallest absolute Gasteiger partial charge is 0.143 e. The van der Waals surface area contributed by atoms with E-state index in [1.165, 1.54) is 6.20 Å². The molecular formula is C8H11NO3S2. The van der Waals surface area contributed by atoms with Crippen LogP contribution in [0.3, 0.4) is 0 Å². The number of nitrogens with zero attached hydrogens (tertiary/aromatic N) is 1. The monoisotopic (exact) mass is 233 g/mol. The van der Waals surface area contributed by atoms with Gasteiger partial charge in [-0.2, -0.15) is 0 Å². The molecule has 0 spiro atoms. The Kier molecular flexibility index (Phi) is 4.06. The van der Waals surface area contributed by atoms with Crippen molar-refractivity contribution in [3.63, 3.8) is 0 Å². The number of pyridine rings is 1. The van der Waals surface area contributed by atoms with E-state index in [1.54, 1.807) is 6.92 Å². The van der Waals surface area contributed by atoms with Gasteiger partial charge in [0, 0.05) is 17.3 Å². The molecule has 1 rings (SSSR count). The van der Waals surface area contributed by atoms with Crippen LogP contribution in [0.25, 0.3) is 0 Å². The average Bonchev–Trinajstić information content (AvgIpc) is 2.20. The van der Waals surface area contributed by atoms with Gasteiger partial charge in [-0.1, -0.05) is 10.8 Å². The van der Waals surface area contributed by atoms with Gasteiger partial charge < -0.3 is 15.3 Å². The van der Waals surface area contributed by atoms with E-state index in [1.807, 2.05) is 0 Å². The molecule has 0 aliphatic carbocycles. The lowest BCUT2D eigenvalue weighted by Gasteiger charge is -2.14. The van der Waals surface area contributed by atoms with Crippen molar-refractivity contribution in [2.75, 3.05) is 0 Å². The minimum Gasteiger partial charge on any atom is -0.506 e. The van der Waals surface area contributed by atoms with Crippen LogP contribution in [0.4, 0.5) is 0 Å². The predicted octanol–water partition coefficient (Wildman–Crippen LogP) is 1.16. The molecule has 3 N–H and O–H groups in total. The largest absolute Gasteiger partial charge is 0.506 e. The Morgan fingerprint density at radius 1 is 1.64 bits per heavy atom. The Morgan fingerprint density at radius 3 is 2.79 bits per heavy atom. The Balaban J connectivity index is 3.27. The van der Waals surface area contributed by atoms with Gasteiger partial charge in [-0.15, -0.1) is 11.7 Å². The summed E-state index contributed by atoms with van der Waals surface area (Å²) in [5.74, 6) is -0.0920. The molecule has 1 atom stereocenters. The second-order valence-electron chi connectivity index (χ2n) is 2.75. The van der Waals surface area contributed by atoms with E-state index < -0.39 is 5.44 Å². The molecule has 1 aromatic rings. The van der Waals surface area contributed by atoms with Crippen molar-refractivity contribution in [3.05, 3.63) is 23.0 Å². The number of hydrogen-bond acceptors (Lipinski definition) is 6. The van der Waals surface area contributed by atoms with Crippen molar-refractivity contribution in [1.29, 1.82) is 0 Å². The van der Waals surface area contributed by atoms with Crippen LogP contribution in [0, 0.1) is 6.92 Å². The first kappa shape index (κ1) is 11.6. The standard InChI is InChI=1S/C8H11NO3S2/c1-4-7(11)6(8(12)14-13)5(3-10)2-9-4/h2,8,10-13H,3H2,1H3. The average molecular weight is 233 g/mol. The molecule has 78 valence electrons. The van der Waals surface area contributed by atoms with Crippen molar-refractivity contribution >= 4 is 22.5 Å². The molecule has 1 aromatic heterocycles. The summed E-state index contributed by atoms with van der Waals surface area (Å²) in [6.07, 6.45) is 1.43. The molecule has 0 saturated carbocycles. The molecule has 14 heavy (non-hydrogen) atoms. The SMILES string of the molecule is Cc1ncc(CO)c(C(O)SS)c1O. The van der Waals surface area contributed by atoms with Crippen LogP contribution in [0.2, 0.25) is 0 Å². The summed E-state index contributed by atoms with van der Waals surface area (Å²) in [5.41, 5.74) is 0.128. The number of aromatic hydroxyl groups is 1. The van der Waals surface area contributed by atoms with E-state index in [4.69, 9.17) is 5.11 Å². The molecule has 1 heterocycles. The molecule has 0 fully saturated rings. The van der Waals surface area contributed by atoms with Crippen LogP contribution in [-0.2, 0) is 6.61 Å². The van der Waals surface area contributed by atoms with Crippen LogP contribution in [0.5, 0.6) is 5.75 Å². The third-order valence-electron chi connectivity index (χ3n) is 1.87. The van der Waals surface area contributed by atoms with Crippen molar-refractivity contribution in [2.24, 2.45) is 0 Å². The first-order valence-electron chi connectivity index (χ1n) is 3.88. The van der Waals surface area contributed by atoms with E-state index in [0.29, 0.717) is 11.3 Å². The maximum atomic E-state index is 9.63. The van der Waals surface area contributed by atoms with Crippen molar-refractivity contribution < 1.29 is 15.3 Å². The minimum atomic E-state index is -0.970. The van der Waals surface area contributed by atoms with Crippen LogP contribution in [-0.4, -0.2) is 20.3 Å². The number of rotatable bonds is 3. The molecule has 6 heteroatoms. The maximum Gasteiger partial charge on any atom is 0.143 e. The summed E-state index contributed by atoms with van der Waals surface area (Å²) in [6.45, 7) is 1.34. The van der Waals surface area contributed by atoms with Gasteiger partial charge in [-0.3, -0.25) is 4.98 Å². The Morgan fingerprint density at radius 2 is 2.29 bits per heavy atom. The van der Waals surface area contributed by atoms with Crippen LogP contribution >= 0.6 is 22.5 Å². The Hall–Kier alpha value is -0.430. The van der Waals surface area contributed by atoms with Gasteiger partial charge in [0.2, 0.25) is 0 Å². The highest BCUT2D eigenvalue weighted by molar-refractivity contribution is 8.68. The molecule has 0 radical (unpaired) electrons. The van der Waals surface area contributed by atoms with Crippen molar-refractivity contribution in [2.45, 2.75) is 19.0 Å². The lowest BCUT2D eigenvalue weighted by atomic mass is 10.1. The molecule has 0 aliphatic rings. The molecule has 4 nitrogen and oxygen atoms in total. The normalized spacial score (nSPS) is 12.9. The van der Waals surface area contributed by atoms with Gasteiger partial charge >= 0.3 is 0 Å². The van der Waals surface area contributed by atoms with E-state index >= 15 is 0 Å². The number of aryl methyl sites for hydroxylation is 1. The zero-order valence-electron chi connectivity index (χ0n) is 7.51. The highest BCUT2D eigenvalue weighted by Gasteiger charge is 2.18. The second kappa shape index (κ2) is 4.88. The first-order chi connectivity index (χ1) is 6.61. The first-order valence-corrected chi connectivity index (χ1v) is 5.81. The third-order valence-corrected chi connectivity index (χ3v) is 2.91. The summed E-state index contributed by atoms with van der Waals surface area (Å²) in [7, 11) is 0.881. The van der Waals surface area contributed by atoms with E-state index in [2.05, 4.69) is 16.6 Å². The van der Waals surface area contributed by atoms with Crippen LogP contribution < -0.4 is 0 Å². The molecule has 0 saturated heterocycles. The number of aromatic nitrogens is 1. The fraction of sp³-hybridized carbons (Fsp3) is 0.375. The number of hydrogen-bond donors (Lipinski definition) is 4. The van der Waals surface area contributed by atoms with E-state index in [-0.39, 0.29) is 17.9 Å². The van der Waals surface area contributed by atoms with Gasteiger partial charge in [0.1, 0.15) is 11.2 Å². The van der Waals surface area contributed by atoms with Gasteiger partial charge in [-0.05, 0) is 6.92 Å². The Bertz CT molecular complexity index is 333. The predicted molar refractivity (Wildman–Crippen MR) is 58.1 cm³/mol. The lowest BCUT2D eigenvalue weighted by Crippen LogP contribution is -2.01. The van der Waals surface area contributed by atoms with Crippen LogP contribution in [0.1, 0.15) is 22.3 Å². The van der Waals surface area contributed by atoms with Gasteiger partial charge in [0.25, 0.3) is 0 Å². The van der Waals surface area contributed by atoms with E-state index in [0.717, 1.165) is 10.8 Å². The summed E-state index contributed by atoms with van der Waals surface area (Å²) >= 11 is 3.85. The van der Waals surface area contributed by atoms with Crippen molar-refractivity contribution in [1.82, 2.24) is 4.98 Å². The number of aliphatic hydroxyl groups excluding tert-OH is 2. The number of aliphatic hydroxyl groups is 2. The van der Waals surface area contributed by atoms with E-state index in [9.17, 15) is 10.2 Å². The highest BCUT2D eigenvalue weighted by Crippen LogP contribution is 2.37. The zero-order chi connectivity index (χ0) is 10.7. The van der Waals surface area contributed by atoms with Gasteiger partial charge in [-0.25, -0.2) is 0 Å². The maximum absolute atomic E-state index is 9.63. The van der Waals surface area contributed by atoms with Crippen molar-refractivity contribution in [3.8, 4) is 5.75 Å². The highest BCUT2D eigenvalue weighted by atomic mass is 33.1. The van der Waals surface area contributed by atoms with Gasteiger partial charge in [0.15, 0.2) is 0 Å². The third kappa shape index (κ3) is 2.14. The summed E-state index contributed by atoms with van der Waals surface area (Å²) in [5, 5.41) is 28.1. The molecule has 0 aromatic carbocycles. The summed E-state index contributed by atoms with van der Waals surface area (Å²) in [4.78, 5) is 3.87. The lowest BCUT2D eigenvalue weighted by molar-refractivity contribution is 0.248. The molecule has 0 amide bonds. The second-order valence-corrected chi connectivity index (χ2v) is 4.04. The molecule has 0 bridgehead atoms. The fourth-order valence-electron chi connectivity index (χ4n) is 1.11. The molecule has 1 unspecified atom stereocenters. The van der Waals surface area contributed by atoms with Gasteiger partial charge in [0.05, 0.1) is 12.3 Å². The Labute approximate surface area is 90.8 Å². The molecular weight excluding hydrogens is 222 g/mol. The topological polar surface area (TPSA) is 73.6 Å². The molecule has 0 aliphatic heterocycles. The number of thiol groups is 1. The zero-order valence-corrected chi connectivity index (χ0v) is 9.22. The minimum absolute atomic E-state index is 0.0920. The quantitative estimate of drug-likeness (QED) is 0.358. The summed E-state index contributed by atoms with van der Waals surface area (Å²) in [6, 6.07) is 0. The fourth-order valence-corrected chi connectivity index (χ4v) is 1.79. The van der Waals surface area contributed by atoms with Crippen LogP contribution in [0.15, 0.2) is 6.20 Å².